The number of rotatable bonds is 4. The van der Waals surface area contributed by atoms with E-state index in [4.69, 9.17) is 5.11 Å². The number of hydrogen-bond donors (Lipinski definition) is 1. The van der Waals surface area contributed by atoms with Gasteiger partial charge < -0.3 is 5.11 Å². The standard InChI is InChI=1S/C13H13N3O2/c17-13(18)11-12(10-6-7-10)16(15-14-11)8-9-4-2-1-3-5-9/h1-5,10H,6-8H2,(H,17,18). The summed E-state index contributed by atoms with van der Waals surface area (Å²) in [5.74, 6) is -0.675. The van der Waals surface area contributed by atoms with Crippen molar-refractivity contribution in [2.45, 2.75) is 25.3 Å². The molecule has 1 aromatic heterocycles. The highest BCUT2D eigenvalue weighted by molar-refractivity contribution is 5.86. The lowest BCUT2D eigenvalue weighted by Gasteiger charge is -2.05. The Balaban J connectivity index is 1.95. The van der Waals surface area contributed by atoms with Crippen molar-refractivity contribution in [2.75, 3.05) is 0 Å². The van der Waals surface area contributed by atoms with Crippen LogP contribution in [0, 0.1) is 0 Å². The first-order valence-corrected chi connectivity index (χ1v) is 5.96. The van der Waals surface area contributed by atoms with Crippen LogP contribution in [0.1, 0.15) is 40.5 Å². The smallest absolute Gasteiger partial charge is 0.358 e. The summed E-state index contributed by atoms with van der Waals surface area (Å²) in [4.78, 5) is 11.1. The minimum atomic E-state index is -0.990. The highest BCUT2D eigenvalue weighted by Crippen LogP contribution is 2.41. The van der Waals surface area contributed by atoms with Gasteiger partial charge in [0.1, 0.15) is 0 Å². The van der Waals surface area contributed by atoms with Gasteiger partial charge in [-0.1, -0.05) is 35.5 Å². The number of aromatic carboxylic acids is 1. The predicted octanol–water partition coefficient (Wildman–Crippen LogP) is 1.90. The topological polar surface area (TPSA) is 68.0 Å². The first-order valence-electron chi connectivity index (χ1n) is 5.96. The first-order chi connectivity index (χ1) is 8.75. The van der Waals surface area contributed by atoms with E-state index in [1.165, 1.54) is 0 Å². The van der Waals surface area contributed by atoms with E-state index in [-0.39, 0.29) is 5.69 Å². The lowest BCUT2D eigenvalue weighted by molar-refractivity contribution is 0.0689. The average molecular weight is 243 g/mol. The molecule has 1 aromatic carbocycles. The summed E-state index contributed by atoms with van der Waals surface area (Å²) in [5.41, 5.74) is 1.97. The summed E-state index contributed by atoms with van der Waals surface area (Å²) in [6, 6.07) is 9.87. The number of benzene rings is 1. The molecule has 0 spiro atoms. The number of aromatic nitrogens is 3. The summed E-state index contributed by atoms with van der Waals surface area (Å²) in [7, 11) is 0. The Hall–Kier alpha value is -2.17. The van der Waals surface area contributed by atoms with Crippen LogP contribution in [0.2, 0.25) is 0 Å². The van der Waals surface area contributed by atoms with Crippen LogP contribution >= 0.6 is 0 Å². The van der Waals surface area contributed by atoms with Crippen molar-refractivity contribution in [2.24, 2.45) is 0 Å². The Labute approximate surface area is 104 Å². The molecule has 0 radical (unpaired) electrons. The lowest BCUT2D eigenvalue weighted by atomic mass is 10.2. The SMILES string of the molecule is O=C(O)c1nnn(Cc2ccccc2)c1C1CC1. The quantitative estimate of drug-likeness (QED) is 0.890. The van der Waals surface area contributed by atoms with Gasteiger partial charge in [-0.15, -0.1) is 5.10 Å². The minimum absolute atomic E-state index is 0.105. The van der Waals surface area contributed by atoms with Gasteiger partial charge in [-0.2, -0.15) is 0 Å². The van der Waals surface area contributed by atoms with E-state index in [2.05, 4.69) is 10.3 Å². The molecule has 0 atom stereocenters. The second-order valence-corrected chi connectivity index (χ2v) is 4.55. The third kappa shape index (κ3) is 1.99. The van der Waals surface area contributed by atoms with Gasteiger partial charge in [0.25, 0.3) is 0 Å². The van der Waals surface area contributed by atoms with Crippen molar-refractivity contribution in [3.8, 4) is 0 Å². The molecule has 92 valence electrons. The molecular formula is C13H13N3O2. The fourth-order valence-corrected chi connectivity index (χ4v) is 2.11. The molecule has 0 unspecified atom stereocenters. The minimum Gasteiger partial charge on any atom is -0.476 e. The molecule has 1 fully saturated rings. The van der Waals surface area contributed by atoms with Crippen molar-refractivity contribution in [1.29, 1.82) is 0 Å². The molecule has 18 heavy (non-hydrogen) atoms. The third-order valence-corrected chi connectivity index (χ3v) is 3.12. The van der Waals surface area contributed by atoms with Gasteiger partial charge in [0.2, 0.25) is 0 Å². The zero-order valence-electron chi connectivity index (χ0n) is 9.78. The zero-order chi connectivity index (χ0) is 12.5. The van der Waals surface area contributed by atoms with Crippen LogP contribution < -0.4 is 0 Å². The van der Waals surface area contributed by atoms with E-state index in [1.54, 1.807) is 4.68 Å². The van der Waals surface area contributed by atoms with Crippen LogP contribution in [0.4, 0.5) is 0 Å². The molecule has 1 N–H and O–H groups in total. The summed E-state index contributed by atoms with van der Waals surface area (Å²) >= 11 is 0. The van der Waals surface area contributed by atoms with Crippen molar-refractivity contribution in [3.63, 3.8) is 0 Å². The largest absolute Gasteiger partial charge is 0.476 e. The second kappa shape index (κ2) is 4.25. The number of hydrogen-bond acceptors (Lipinski definition) is 3. The maximum atomic E-state index is 11.1. The first kappa shape index (κ1) is 11.0. The lowest BCUT2D eigenvalue weighted by Crippen LogP contribution is -2.08. The molecule has 1 aliphatic rings. The summed E-state index contributed by atoms with van der Waals surface area (Å²) < 4.78 is 1.72. The number of carboxylic acid groups (broad SMARTS) is 1. The molecule has 0 amide bonds. The molecule has 1 heterocycles. The monoisotopic (exact) mass is 243 g/mol. The van der Waals surface area contributed by atoms with Crippen molar-refractivity contribution >= 4 is 5.97 Å². The maximum Gasteiger partial charge on any atom is 0.358 e. The number of carboxylic acids is 1. The van der Waals surface area contributed by atoms with Crippen LogP contribution in [0.15, 0.2) is 30.3 Å². The summed E-state index contributed by atoms with van der Waals surface area (Å²) in [6.45, 7) is 0.576. The van der Waals surface area contributed by atoms with Gasteiger partial charge in [-0.3, -0.25) is 0 Å². The predicted molar refractivity (Wildman–Crippen MR) is 64.5 cm³/mol. The zero-order valence-corrected chi connectivity index (χ0v) is 9.78. The maximum absolute atomic E-state index is 11.1. The fraction of sp³-hybridized carbons (Fsp3) is 0.308. The number of carbonyl (C=O) groups is 1. The van der Waals surface area contributed by atoms with E-state index in [0.29, 0.717) is 12.5 Å². The van der Waals surface area contributed by atoms with Gasteiger partial charge in [0, 0.05) is 5.92 Å². The summed E-state index contributed by atoms with van der Waals surface area (Å²) in [5, 5.41) is 16.9. The third-order valence-electron chi connectivity index (χ3n) is 3.12. The van der Waals surface area contributed by atoms with Crippen LogP contribution in [0.25, 0.3) is 0 Å². The van der Waals surface area contributed by atoms with Crippen LogP contribution in [0.5, 0.6) is 0 Å². The molecule has 1 saturated carbocycles. The highest BCUT2D eigenvalue weighted by atomic mass is 16.4. The Kier molecular flexibility index (Phi) is 2.59. The highest BCUT2D eigenvalue weighted by Gasteiger charge is 2.33. The van der Waals surface area contributed by atoms with E-state index >= 15 is 0 Å². The van der Waals surface area contributed by atoms with Crippen molar-refractivity contribution < 1.29 is 9.90 Å². The van der Waals surface area contributed by atoms with Crippen LogP contribution in [0.3, 0.4) is 0 Å². The molecule has 2 aromatic rings. The van der Waals surface area contributed by atoms with E-state index in [9.17, 15) is 4.79 Å². The van der Waals surface area contributed by atoms with Crippen molar-refractivity contribution in [1.82, 2.24) is 15.0 Å². The molecule has 0 bridgehead atoms. The molecule has 5 heteroatoms. The molecule has 3 rings (SSSR count). The molecule has 1 aliphatic carbocycles. The van der Waals surface area contributed by atoms with Gasteiger partial charge in [-0.05, 0) is 18.4 Å². The summed E-state index contributed by atoms with van der Waals surface area (Å²) in [6.07, 6.45) is 2.06. The molecular weight excluding hydrogens is 230 g/mol. The van der Waals surface area contributed by atoms with Gasteiger partial charge in [-0.25, -0.2) is 9.48 Å². The molecule has 0 saturated heterocycles. The Morgan fingerprint density at radius 2 is 2.06 bits per heavy atom. The van der Waals surface area contributed by atoms with Crippen LogP contribution in [-0.2, 0) is 6.54 Å². The Morgan fingerprint density at radius 3 is 2.67 bits per heavy atom. The van der Waals surface area contributed by atoms with E-state index in [0.717, 1.165) is 24.1 Å². The van der Waals surface area contributed by atoms with E-state index in [1.807, 2.05) is 30.3 Å². The average Bonchev–Trinajstić information content (AvgIpc) is 3.12. The van der Waals surface area contributed by atoms with Crippen molar-refractivity contribution in [3.05, 3.63) is 47.3 Å². The number of nitrogens with zero attached hydrogens (tertiary/aromatic N) is 3. The second-order valence-electron chi connectivity index (χ2n) is 4.55. The van der Waals surface area contributed by atoms with E-state index < -0.39 is 5.97 Å². The molecule has 0 aliphatic heterocycles. The van der Waals surface area contributed by atoms with Gasteiger partial charge in [0.15, 0.2) is 5.69 Å². The Morgan fingerprint density at radius 1 is 1.33 bits per heavy atom. The Bertz CT molecular complexity index is 573. The fourth-order valence-electron chi connectivity index (χ4n) is 2.11. The van der Waals surface area contributed by atoms with Gasteiger partial charge in [0.05, 0.1) is 12.2 Å². The van der Waals surface area contributed by atoms with Gasteiger partial charge >= 0.3 is 5.97 Å². The van der Waals surface area contributed by atoms with Crippen LogP contribution in [-0.4, -0.2) is 26.1 Å². The molecule has 5 nitrogen and oxygen atoms in total. The normalized spacial score (nSPS) is 14.7.